The summed E-state index contributed by atoms with van der Waals surface area (Å²) in [6, 6.07) is 2.47. The quantitative estimate of drug-likeness (QED) is 0.576. The number of ether oxygens (including phenoxy) is 1. The van der Waals surface area contributed by atoms with Crippen LogP contribution in [0.3, 0.4) is 0 Å². The Balaban J connectivity index is 2.42. The minimum Gasteiger partial charge on any atom is -0.480 e. The Labute approximate surface area is 118 Å². The normalized spacial score (nSPS) is 11.6. The summed E-state index contributed by atoms with van der Waals surface area (Å²) in [6.07, 6.45) is -0.388. The molecule has 0 aliphatic rings. The van der Waals surface area contributed by atoms with Crippen molar-refractivity contribution in [1.82, 2.24) is 5.32 Å². The molecule has 0 fully saturated rings. The van der Waals surface area contributed by atoms with Crippen LogP contribution in [-0.4, -0.2) is 41.9 Å². The van der Waals surface area contributed by atoms with Gasteiger partial charge in [0.05, 0.1) is 23.5 Å². The second kappa shape index (κ2) is 7.80. The number of methoxy groups -OCH3 is 1. The highest BCUT2D eigenvalue weighted by atomic mass is 32.2. The molecule has 104 valence electrons. The number of esters is 1. The highest BCUT2D eigenvalue weighted by Crippen LogP contribution is 2.22. The number of amides is 1. The molecule has 1 aromatic rings. The topological polar surface area (TPSA) is 92.7 Å². The molecule has 0 saturated carbocycles. The fraction of sp³-hybridized carbons (Fsp3) is 0.364. The molecular formula is C11H13NO5S2. The maximum Gasteiger partial charge on any atom is 0.326 e. The van der Waals surface area contributed by atoms with Gasteiger partial charge in [0, 0.05) is 0 Å². The van der Waals surface area contributed by atoms with E-state index in [1.54, 1.807) is 0 Å². The van der Waals surface area contributed by atoms with Crippen LogP contribution in [0.4, 0.5) is 0 Å². The number of thiophene rings is 1. The second-order valence-corrected chi connectivity index (χ2v) is 5.68. The van der Waals surface area contributed by atoms with Gasteiger partial charge in [-0.3, -0.25) is 9.59 Å². The highest BCUT2D eigenvalue weighted by Gasteiger charge is 2.23. The van der Waals surface area contributed by atoms with Gasteiger partial charge in [-0.25, -0.2) is 4.79 Å². The van der Waals surface area contributed by atoms with Crippen molar-refractivity contribution in [3.05, 3.63) is 17.5 Å². The molecule has 0 aliphatic carbocycles. The summed E-state index contributed by atoms with van der Waals surface area (Å²) in [5.41, 5.74) is 0. The maximum absolute atomic E-state index is 11.6. The zero-order valence-corrected chi connectivity index (χ0v) is 11.8. The van der Waals surface area contributed by atoms with Crippen LogP contribution in [-0.2, 0) is 19.1 Å². The molecule has 1 rings (SSSR count). The molecule has 2 N–H and O–H groups in total. The van der Waals surface area contributed by atoms with E-state index in [-0.39, 0.29) is 12.2 Å². The minimum absolute atomic E-state index is 0.103. The Bertz CT molecular complexity index is 446. The lowest BCUT2D eigenvalue weighted by atomic mass is 10.2. The third kappa shape index (κ3) is 5.75. The average molecular weight is 303 g/mol. The first kappa shape index (κ1) is 15.5. The molecule has 0 saturated heterocycles. The number of carbonyl (C=O) groups excluding carboxylic acids is 2. The van der Waals surface area contributed by atoms with Gasteiger partial charge in [-0.15, -0.1) is 23.1 Å². The van der Waals surface area contributed by atoms with Crippen molar-refractivity contribution in [2.24, 2.45) is 0 Å². The van der Waals surface area contributed by atoms with Crippen molar-refractivity contribution < 1.29 is 24.2 Å². The molecule has 1 aromatic heterocycles. The Morgan fingerprint density at radius 2 is 2.26 bits per heavy atom. The molecule has 0 aliphatic heterocycles. The van der Waals surface area contributed by atoms with Crippen LogP contribution >= 0.6 is 23.1 Å². The molecule has 1 heterocycles. The van der Waals surface area contributed by atoms with E-state index >= 15 is 0 Å². The zero-order chi connectivity index (χ0) is 14.3. The molecule has 0 unspecified atom stereocenters. The lowest BCUT2D eigenvalue weighted by molar-refractivity contribution is -0.148. The fourth-order valence-corrected chi connectivity index (χ4v) is 2.76. The molecule has 0 aromatic carbocycles. The van der Waals surface area contributed by atoms with E-state index in [1.807, 2.05) is 17.5 Å². The third-order valence-corrected chi connectivity index (χ3v) is 4.20. The van der Waals surface area contributed by atoms with Crippen molar-refractivity contribution in [3.63, 3.8) is 0 Å². The van der Waals surface area contributed by atoms with Crippen molar-refractivity contribution in [1.29, 1.82) is 0 Å². The molecule has 0 spiro atoms. The third-order valence-electron chi connectivity index (χ3n) is 2.07. The zero-order valence-electron chi connectivity index (χ0n) is 10.1. The number of hydrogen-bond acceptors (Lipinski definition) is 6. The number of aliphatic carboxylic acids is 1. The smallest absolute Gasteiger partial charge is 0.326 e. The Kier molecular flexibility index (Phi) is 6.37. The van der Waals surface area contributed by atoms with Gasteiger partial charge < -0.3 is 15.2 Å². The SMILES string of the molecule is COC(=O)C[C@H](NC(=O)CSc1cccs1)C(=O)O. The van der Waals surface area contributed by atoms with Crippen LogP contribution in [0, 0.1) is 0 Å². The average Bonchev–Trinajstić information content (AvgIpc) is 2.88. The molecule has 6 nitrogen and oxygen atoms in total. The van der Waals surface area contributed by atoms with E-state index < -0.39 is 23.9 Å². The van der Waals surface area contributed by atoms with Crippen LogP contribution in [0.1, 0.15) is 6.42 Å². The number of thioether (sulfide) groups is 1. The maximum atomic E-state index is 11.6. The summed E-state index contributed by atoms with van der Waals surface area (Å²) in [4.78, 5) is 33.5. The molecule has 0 radical (unpaired) electrons. The van der Waals surface area contributed by atoms with E-state index in [1.165, 1.54) is 23.1 Å². The van der Waals surface area contributed by atoms with Crippen LogP contribution in [0.2, 0.25) is 0 Å². The van der Waals surface area contributed by atoms with Gasteiger partial charge in [0.2, 0.25) is 5.91 Å². The predicted octanol–water partition coefficient (Wildman–Crippen LogP) is 0.973. The minimum atomic E-state index is -1.26. The van der Waals surface area contributed by atoms with Crippen LogP contribution < -0.4 is 5.32 Å². The molecule has 1 amide bonds. The summed E-state index contributed by atoms with van der Waals surface area (Å²) in [5.74, 6) is -2.28. The lowest BCUT2D eigenvalue weighted by Crippen LogP contribution is -2.43. The Morgan fingerprint density at radius 3 is 2.79 bits per heavy atom. The summed E-state index contributed by atoms with van der Waals surface area (Å²) >= 11 is 2.81. The van der Waals surface area contributed by atoms with Gasteiger partial charge in [-0.05, 0) is 11.4 Å². The molecule has 1 atom stereocenters. The van der Waals surface area contributed by atoms with Crippen LogP contribution in [0.25, 0.3) is 0 Å². The number of carboxylic acid groups (broad SMARTS) is 1. The van der Waals surface area contributed by atoms with Crippen molar-refractivity contribution in [2.75, 3.05) is 12.9 Å². The Hall–Kier alpha value is -1.54. The van der Waals surface area contributed by atoms with Crippen molar-refractivity contribution in [2.45, 2.75) is 16.7 Å². The highest BCUT2D eigenvalue weighted by molar-refractivity contribution is 8.01. The molecule has 8 heteroatoms. The van der Waals surface area contributed by atoms with Gasteiger partial charge >= 0.3 is 11.9 Å². The molecule has 19 heavy (non-hydrogen) atoms. The second-order valence-electron chi connectivity index (χ2n) is 3.46. The first-order valence-electron chi connectivity index (χ1n) is 5.28. The van der Waals surface area contributed by atoms with Crippen molar-refractivity contribution in [3.8, 4) is 0 Å². The monoisotopic (exact) mass is 303 g/mol. The number of carbonyl (C=O) groups is 3. The van der Waals surface area contributed by atoms with Gasteiger partial charge in [0.25, 0.3) is 0 Å². The lowest BCUT2D eigenvalue weighted by Gasteiger charge is -2.12. The largest absolute Gasteiger partial charge is 0.480 e. The van der Waals surface area contributed by atoms with E-state index in [4.69, 9.17) is 5.11 Å². The molecule has 0 bridgehead atoms. The summed E-state index contributed by atoms with van der Waals surface area (Å²) in [6.45, 7) is 0. The van der Waals surface area contributed by atoms with Gasteiger partial charge in [-0.2, -0.15) is 0 Å². The van der Waals surface area contributed by atoms with Gasteiger partial charge in [0.15, 0.2) is 0 Å². The van der Waals surface area contributed by atoms with E-state index in [9.17, 15) is 14.4 Å². The number of hydrogen-bond donors (Lipinski definition) is 2. The Morgan fingerprint density at radius 1 is 1.53 bits per heavy atom. The first-order valence-corrected chi connectivity index (χ1v) is 7.14. The van der Waals surface area contributed by atoms with E-state index in [2.05, 4.69) is 10.1 Å². The fourth-order valence-electron chi connectivity index (χ4n) is 1.17. The van der Waals surface area contributed by atoms with Gasteiger partial charge in [-0.1, -0.05) is 6.07 Å². The van der Waals surface area contributed by atoms with Crippen LogP contribution in [0.15, 0.2) is 21.7 Å². The van der Waals surface area contributed by atoms with Gasteiger partial charge in [0.1, 0.15) is 6.04 Å². The number of nitrogens with one attached hydrogen (secondary N) is 1. The summed E-state index contributed by atoms with van der Waals surface area (Å²) in [5, 5.41) is 13.1. The number of carboxylic acids is 1. The van der Waals surface area contributed by atoms with E-state index in [0.29, 0.717) is 0 Å². The molecular weight excluding hydrogens is 290 g/mol. The standard InChI is InChI=1S/C11H13NO5S2/c1-17-9(14)5-7(11(15)16)12-8(13)6-19-10-3-2-4-18-10/h2-4,7H,5-6H2,1H3,(H,12,13)(H,15,16)/t7-/m0/s1. The summed E-state index contributed by atoms with van der Waals surface area (Å²) < 4.78 is 5.34. The number of rotatable bonds is 7. The van der Waals surface area contributed by atoms with Crippen molar-refractivity contribution >= 4 is 40.9 Å². The predicted molar refractivity (Wildman–Crippen MR) is 71.2 cm³/mol. The van der Waals surface area contributed by atoms with E-state index in [0.717, 1.165) is 11.3 Å². The first-order chi connectivity index (χ1) is 9.02. The summed E-state index contributed by atoms with van der Waals surface area (Å²) in [7, 11) is 1.16. The van der Waals surface area contributed by atoms with Crippen LogP contribution in [0.5, 0.6) is 0 Å².